The standard InChI is InChI=1S/C8H16NO/c1-3-5-6-8(10)9-7-4-2/h2-7H2,1H3,(H,9,10). The summed E-state index contributed by atoms with van der Waals surface area (Å²) in [5.74, 6) is 0.158. The average Bonchev–Trinajstić information content (AvgIpc) is 1.97. The Balaban J connectivity index is 3.09. The molecule has 0 unspecified atom stereocenters. The van der Waals surface area contributed by atoms with Crippen LogP contribution in [0.5, 0.6) is 0 Å². The fourth-order valence-corrected chi connectivity index (χ4v) is 0.654. The van der Waals surface area contributed by atoms with Crippen molar-refractivity contribution in [3.8, 4) is 0 Å². The maximum atomic E-state index is 10.8. The Morgan fingerprint density at radius 1 is 1.60 bits per heavy atom. The Bertz CT molecular complexity index is 81.3. The molecule has 0 heterocycles. The quantitative estimate of drug-likeness (QED) is 0.619. The van der Waals surface area contributed by atoms with E-state index >= 15 is 0 Å². The van der Waals surface area contributed by atoms with Crippen molar-refractivity contribution in [2.24, 2.45) is 0 Å². The van der Waals surface area contributed by atoms with Gasteiger partial charge in [-0.3, -0.25) is 4.79 Å². The summed E-state index contributed by atoms with van der Waals surface area (Å²) >= 11 is 0. The third-order valence-corrected chi connectivity index (χ3v) is 1.26. The molecule has 0 saturated heterocycles. The molecule has 2 nitrogen and oxygen atoms in total. The van der Waals surface area contributed by atoms with Crippen molar-refractivity contribution in [3.05, 3.63) is 6.92 Å². The van der Waals surface area contributed by atoms with Gasteiger partial charge in [-0.05, 0) is 12.8 Å². The zero-order valence-corrected chi connectivity index (χ0v) is 6.65. The van der Waals surface area contributed by atoms with E-state index in [1.54, 1.807) is 0 Å². The first-order valence-electron chi connectivity index (χ1n) is 3.87. The van der Waals surface area contributed by atoms with Crippen molar-refractivity contribution >= 4 is 5.91 Å². The van der Waals surface area contributed by atoms with Gasteiger partial charge in [0.25, 0.3) is 0 Å². The molecule has 2 heteroatoms. The SMILES string of the molecule is [CH2]CCNC(=O)CCCC. The van der Waals surface area contributed by atoms with Crippen LogP contribution in [0.25, 0.3) is 0 Å². The summed E-state index contributed by atoms with van der Waals surface area (Å²) in [5.41, 5.74) is 0. The van der Waals surface area contributed by atoms with Crippen LogP contribution in [0.3, 0.4) is 0 Å². The minimum atomic E-state index is 0.158. The number of carbonyl (C=O) groups excluding carboxylic acids is 1. The van der Waals surface area contributed by atoms with Gasteiger partial charge in [0.05, 0.1) is 0 Å². The van der Waals surface area contributed by atoms with Crippen LogP contribution < -0.4 is 5.32 Å². The van der Waals surface area contributed by atoms with Crippen LogP contribution in [0, 0.1) is 6.92 Å². The average molecular weight is 142 g/mol. The highest BCUT2D eigenvalue weighted by Crippen LogP contribution is 1.92. The van der Waals surface area contributed by atoms with E-state index in [4.69, 9.17) is 0 Å². The third-order valence-electron chi connectivity index (χ3n) is 1.26. The summed E-state index contributed by atoms with van der Waals surface area (Å²) < 4.78 is 0. The molecule has 0 aromatic carbocycles. The lowest BCUT2D eigenvalue weighted by Crippen LogP contribution is -2.23. The van der Waals surface area contributed by atoms with Crippen molar-refractivity contribution in [3.63, 3.8) is 0 Å². The zero-order chi connectivity index (χ0) is 7.82. The summed E-state index contributed by atoms with van der Waals surface area (Å²) in [4.78, 5) is 10.8. The van der Waals surface area contributed by atoms with Gasteiger partial charge >= 0.3 is 0 Å². The van der Waals surface area contributed by atoms with Crippen LogP contribution in [-0.4, -0.2) is 12.5 Å². The first-order valence-corrected chi connectivity index (χ1v) is 3.87. The minimum Gasteiger partial charge on any atom is -0.356 e. The topological polar surface area (TPSA) is 29.1 Å². The van der Waals surface area contributed by atoms with E-state index in [2.05, 4.69) is 19.2 Å². The van der Waals surface area contributed by atoms with Crippen molar-refractivity contribution < 1.29 is 4.79 Å². The fraction of sp³-hybridized carbons (Fsp3) is 0.750. The summed E-state index contributed by atoms with van der Waals surface area (Å²) in [6.45, 7) is 6.41. The monoisotopic (exact) mass is 142 g/mol. The Labute approximate surface area is 63.0 Å². The number of hydrogen-bond donors (Lipinski definition) is 1. The smallest absolute Gasteiger partial charge is 0.219 e. The van der Waals surface area contributed by atoms with E-state index in [-0.39, 0.29) is 5.91 Å². The molecular formula is C8H16NO. The maximum Gasteiger partial charge on any atom is 0.219 e. The lowest BCUT2D eigenvalue weighted by Gasteiger charge is -2.00. The molecule has 0 aromatic heterocycles. The molecule has 0 bridgehead atoms. The van der Waals surface area contributed by atoms with Crippen LogP contribution in [-0.2, 0) is 4.79 Å². The lowest BCUT2D eigenvalue weighted by molar-refractivity contribution is -0.121. The number of hydrogen-bond acceptors (Lipinski definition) is 1. The van der Waals surface area contributed by atoms with Crippen LogP contribution in [0.1, 0.15) is 32.6 Å². The van der Waals surface area contributed by atoms with Gasteiger partial charge in [0.1, 0.15) is 0 Å². The molecule has 0 aliphatic carbocycles. The first kappa shape index (κ1) is 9.47. The maximum absolute atomic E-state index is 10.8. The van der Waals surface area contributed by atoms with Crippen LogP contribution in [0.2, 0.25) is 0 Å². The van der Waals surface area contributed by atoms with Crippen LogP contribution >= 0.6 is 0 Å². The van der Waals surface area contributed by atoms with Crippen molar-refractivity contribution in [1.82, 2.24) is 5.32 Å². The highest BCUT2D eigenvalue weighted by atomic mass is 16.1. The van der Waals surface area contributed by atoms with Crippen LogP contribution in [0.4, 0.5) is 0 Å². The Morgan fingerprint density at radius 3 is 2.80 bits per heavy atom. The molecule has 0 rings (SSSR count). The van der Waals surface area contributed by atoms with E-state index < -0.39 is 0 Å². The van der Waals surface area contributed by atoms with E-state index in [1.165, 1.54) is 0 Å². The van der Waals surface area contributed by atoms with Gasteiger partial charge in [-0.15, -0.1) is 0 Å². The molecular weight excluding hydrogens is 126 g/mol. The fourth-order valence-electron chi connectivity index (χ4n) is 0.654. The van der Waals surface area contributed by atoms with Gasteiger partial charge in [-0.1, -0.05) is 20.3 Å². The minimum absolute atomic E-state index is 0.158. The summed E-state index contributed by atoms with van der Waals surface area (Å²) in [5, 5.41) is 2.77. The Morgan fingerprint density at radius 2 is 2.30 bits per heavy atom. The summed E-state index contributed by atoms with van der Waals surface area (Å²) in [6.07, 6.45) is 3.51. The normalized spacial score (nSPS) is 9.40. The van der Waals surface area contributed by atoms with E-state index in [1.807, 2.05) is 0 Å². The molecule has 0 saturated carbocycles. The molecule has 59 valence electrons. The van der Waals surface area contributed by atoms with Gasteiger partial charge in [0, 0.05) is 13.0 Å². The van der Waals surface area contributed by atoms with Gasteiger partial charge in [-0.25, -0.2) is 0 Å². The number of rotatable bonds is 5. The number of carbonyl (C=O) groups is 1. The molecule has 10 heavy (non-hydrogen) atoms. The van der Waals surface area contributed by atoms with Crippen LogP contribution in [0.15, 0.2) is 0 Å². The second kappa shape index (κ2) is 6.59. The van der Waals surface area contributed by atoms with Crippen molar-refractivity contribution in [1.29, 1.82) is 0 Å². The van der Waals surface area contributed by atoms with E-state index in [0.717, 1.165) is 19.3 Å². The van der Waals surface area contributed by atoms with E-state index in [0.29, 0.717) is 13.0 Å². The molecule has 0 spiro atoms. The lowest BCUT2D eigenvalue weighted by atomic mass is 10.2. The highest BCUT2D eigenvalue weighted by Gasteiger charge is 1.96. The molecule has 1 N–H and O–H groups in total. The van der Waals surface area contributed by atoms with Gasteiger partial charge in [0.2, 0.25) is 5.91 Å². The largest absolute Gasteiger partial charge is 0.356 e. The molecule has 0 aliphatic rings. The molecule has 0 atom stereocenters. The van der Waals surface area contributed by atoms with Crippen molar-refractivity contribution in [2.75, 3.05) is 6.54 Å². The molecule has 0 fully saturated rings. The Hall–Kier alpha value is -0.530. The van der Waals surface area contributed by atoms with Gasteiger partial charge < -0.3 is 5.32 Å². The zero-order valence-electron chi connectivity index (χ0n) is 6.65. The number of unbranched alkanes of at least 4 members (excludes halogenated alkanes) is 1. The summed E-state index contributed by atoms with van der Waals surface area (Å²) in [6, 6.07) is 0. The predicted molar refractivity (Wildman–Crippen MR) is 42.5 cm³/mol. The molecule has 1 amide bonds. The number of amides is 1. The predicted octanol–water partition coefficient (Wildman–Crippen LogP) is 1.52. The third kappa shape index (κ3) is 5.60. The number of nitrogens with one attached hydrogen (secondary N) is 1. The highest BCUT2D eigenvalue weighted by molar-refractivity contribution is 5.75. The van der Waals surface area contributed by atoms with Gasteiger partial charge in [0.15, 0.2) is 0 Å². The van der Waals surface area contributed by atoms with E-state index in [9.17, 15) is 4.79 Å². The summed E-state index contributed by atoms with van der Waals surface area (Å²) in [7, 11) is 0. The molecule has 1 radical (unpaired) electrons. The molecule has 0 aliphatic heterocycles. The van der Waals surface area contributed by atoms with Gasteiger partial charge in [-0.2, -0.15) is 0 Å². The second-order valence-corrected chi connectivity index (χ2v) is 2.31. The first-order chi connectivity index (χ1) is 4.81. The van der Waals surface area contributed by atoms with Crippen molar-refractivity contribution in [2.45, 2.75) is 32.6 Å². The molecule has 0 aromatic rings. The second-order valence-electron chi connectivity index (χ2n) is 2.31. The Kier molecular flexibility index (Phi) is 6.24.